The Morgan fingerprint density at radius 1 is 1.00 bits per heavy atom. The standard InChI is InChI=1S/C21H24O3/c1-4-17-13-20(24-19-11-7-16(3)8-12-19)21(23-17)14-22-18-9-5-15(2)6-10-18/h4-12,17,20-21H,1,13-14H2,2-3H3/t17?,20-,21+/m0/s1. The summed E-state index contributed by atoms with van der Waals surface area (Å²) in [7, 11) is 0. The largest absolute Gasteiger partial charge is 0.491 e. The van der Waals surface area contributed by atoms with Gasteiger partial charge in [0.15, 0.2) is 0 Å². The molecule has 1 aliphatic heterocycles. The van der Waals surface area contributed by atoms with E-state index in [0.29, 0.717) is 6.61 Å². The molecule has 0 bridgehead atoms. The lowest BCUT2D eigenvalue weighted by atomic mass is 10.1. The molecule has 3 atom stereocenters. The Bertz CT molecular complexity index is 660. The van der Waals surface area contributed by atoms with E-state index in [-0.39, 0.29) is 18.3 Å². The normalized spacial score (nSPS) is 23.0. The van der Waals surface area contributed by atoms with Crippen LogP contribution in [0.2, 0.25) is 0 Å². The Hall–Kier alpha value is -2.26. The van der Waals surface area contributed by atoms with Gasteiger partial charge in [0.05, 0.1) is 6.10 Å². The van der Waals surface area contributed by atoms with Crippen LogP contribution in [0.1, 0.15) is 17.5 Å². The second-order valence-electron chi connectivity index (χ2n) is 6.28. The van der Waals surface area contributed by atoms with Gasteiger partial charge in [-0.1, -0.05) is 41.5 Å². The molecule has 0 amide bonds. The van der Waals surface area contributed by atoms with Crippen molar-refractivity contribution in [2.45, 2.75) is 38.6 Å². The summed E-state index contributed by atoms with van der Waals surface area (Å²) < 4.78 is 18.0. The molecule has 1 saturated heterocycles. The molecule has 1 aliphatic rings. The number of rotatable bonds is 6. The maximum atomic E-state index is 6.13. The minimum Gasteiger partial charge on any atom is -0.491 e. The smallest absolute Gasteiger partial charge is 0.131 e. The van der Waals surface area contributed by atoms with E-state index in [9.17, 15) is 0 Å². The van der Waals surface area contributed by atoms with Crippen molar-refractivity contribution in [3.8, 4) is 11.5 Å². The van der Waals surface area contributed by atoms with Crippen molar-refractivity contribution in [3.05, 3.63) is 72.3 Å². The van der Waals surface area contributed by atoms with Crippen LogP contribution in [0, 0.1) is 13.8 Å². The molecule has 1 fully saturated rings. The van der Waals surface area contributed by atoms with Crippen LogP contribution in [-0.4, -0.2) is 24.9 Å². The zero-order chi connectivity index (χ0) is 16.9. The van der Waals surface area contributed by atoms with Crippen LogP contribution in [0.5, 0.6) is 11.5 Å². The van der Waals surface area contributed by atoms with Crippen LogP contribution < -0.4 is 9.47 Å². The van der Waals surface area contributed by atoms with Crippen LogP contribution in [-0.2, 0) is 4.74 Å². The Kier molecular flexibility index (Phi) is 5.21. The molecule has 3 rings (SSSR count). The third-order valence-electron chi connectivity index (χ3n) is 4.24. The van der Waals surface area contributed by atoms with Crippen molar-refractivity contribution in [1.29, 1.82) is 0 Å². The van der Waals surface area contributed by atoms with Gasteiger partial charge >= 0.3 is 0 Å². The predicted octanol–water partition coefficient (Wildman–Crippen LogP) is 4.47. The van der Waals surface area contributed by atoms with Crippen LogP contribution >= 0.6 is 0 Å². The quantitative estimate of drug-likeness (QED) is 0.734. The summed E-state index contributed by atoms with van der Waals surface area (Å²) in [6, 6.07) is 16.1. The van der Waals surface area contributed by atoms with Gasteiger partial charge in [0.1, 0.15) is 30.3 Å². The highest BCUT2D eigenvalue weighted by Gasteiger charge is 2.36. The van der Waals surface area contributed by atoms with Gasteiger partial charge < -0.3 is 14.2 Å². The Balaban J connectivity index is 1.63. The van der Waals surface area contributed by atoms with Gasteiger partial charge in [0.2, 0.25) is 0 Å². The fourth-order valence-electron chi connectivity index (χ4n) is 2.78. The summed E-state index contributed by atoms with van der Waals surface area (Å²) in [5, 5.41) is 0. The van der Waals surface area contributed by atoms with Gasteiger partial charge in [0, 0.05) is 6.42 Å². The number of ether oxygens (including phenoxy) is 3. The fraction of sp³-hybridized carbons (Fsp3) is 0.333. The maximum absolute atomic E-state index is 6.13. The summed E-state index contributed by atoms with van der Waals surface area (Å²) in [5.74, 6) is 1.71. The van der Waals surface area contributed by atoms with Crippen molar-refractivity contribution >= 4 is 0 Å². The van der Waals surface area contributed by atoms with E-state index in [1.807, 2.05) is 54.6 Å². The van der Waals surface area contributed by atoms with Gasteiger partial charge in [-0.3, -0.25) is 0 Å². The van der Waals surface area contributed by atoms with Gasteiger partial charge in [-0.05, 0) is 38.1 Å². The molecule has 3 heteroatoms. The maximum Gasteiger partial charge on any atom is 0.131 e. The molecule has 0 aromatic heterocycles. The molecule has 1 heterocycles. The molecule has 2 aromatic carbocycles. The average molecular weight is 324 g/mol. The SMILES string of the molecule is C=CC1C[C@H](Oc2ccc(C)cc2)[C@@H](COc2ccc(C)cc2)O1. The van der Waals surface area contributed by atoms with Crippen LogP contribution in [0.3, 0.4) is 0 Å². The van der Waals surface area contributed by atoms with Crippen molar-refractivity contribution < 1.29 is 14.2 Å². The van der Waals surface area contributed by atoms with E-state index in [0.717, 1.165) is 17.9 Å². The van der Waals surface area contributed by atoms with Crippen LogP contribution in [0.15, 0.2) is 61.2 Å². The fourth-order valence-corrected chi connectivity index (χ4v) is 2.78. The van der Waals surface area contributed by atoms with Gasteiger partial charge in [-0.25, -0.2) is 0 Å². The minimum absolute atomic E-state index is 0.00654. The number of hydrogen-bond donors (Lipinski definition) is 0. The predicted molar refractivity (Wildman–Crippen MR) is 95.7 cm³/mol. The van der Waals surface area contributed by atoms with Crippen molar-refractivity contribution in [2.75, 3.05) is 6.61 Å². The van der Waals surface area contributed by atoms with Gasteiger partial charge in [-0.15, -0.1) is 6.58 Å². The number of benzene rings is 2. The van der Waals surface area contributed by atoms with Crippen molar-refractivity contribution in [3.63, 3.8) is 0 Å². The highest BCUT2D eigenvalue weighted by atomic mass is 16.6. The van der Waals surface area contributed by atoms with Gasteiger partial charge in [0.25, 0.3) is 0 Å². The van der Waals surface area contributed by atoms with E-state index >= 15 is 0 Å². The Labute approximate surface area is 143 Å². The molecular formula is C21H24O3. The van der Waals surface area contributed by atoms with E-state index < -0.39 is 0 Å². The molecule has 0 radical (unpaired) electrons. The third-order valence-corrected chi connectivity index (χ3v) is 4.24. The second-order valence-corrected chi connectivity index (χ2v) is 6.28. The number of aryl methyl sites for hydroxylation is 2. The molecular weight excluding hydrogens is 300 g/mol. The van der Waals surface area contributed by atoms with E-state index in [1.165, 1.54) is 11.1 Å². The third kappa shape index (κ3) is 4.18. The molecule has 3 nitrogen and oxygen atoms in total. The van der Waals surface area contributed by atoms with Crippen LogP contribution in [0.25, 0.3) is 0 Å². The minimum atomic E-state index is -0.115. The Morgan fingerprint density at radius 2 is 1.58 bits per heavy atom. The monoisotopic (exact) mass is 324 g/mol. The van der Waals surface area contributed by atoms with Gasteiger partial charge in [-0.2, -0.15) is 0 Å². The summed E-state index contributed by atoms with van der Waals surface area (Å²) in [4.78, 5) is 0. The first-order valence-electron chi connectivity index (χ1n) is 8.35. The summed E-state index contributed by atoms with van der Waals surface area (Å²) in [6.45, 7) is 8.42. The first kappa shape index (κ1) is 16.6. The lowest BCUT2D eigenvalue weighted by Crippen LogP contribution is -2.32. The molecule has 0 aliphatic carbocycles. The molecule has 1 unspecified atom stereocenters. The van der Waals surface area contributed by atoms with Crippen molar-refractivity contribution in [2.24, 2.45) is 0 Å². The summed E-state index contributed by atoms with van der Waals surface area (Å²) in [5.41, 5.74) is 2.43. The topological polar surface area (TPSA) is 27.7 Å². The first-order chi connectivity index (χ1) is 11.6. The highest BCUT2D eigenvalue weighted by Crippen LogP contribution is 2.27. The molecule has 126 valence electrons. The zero-order valence-electron chi connectivity index (χ0n) is 14.3. The van der Waals surface area contributed by atoms with E-state index in [2.05, 4.69) is 20.4 Å². The van der Waals surface area contributed by atoms with Crippen molar-refractivity contribution in [1.82, 2.24) is 0 Å². The van der Waals surface area contributed by atoms with Crippen LogP contribution in [0.4, 0.5) is 0 Å². The molecule has 0 spiro atoms. The highest BCUT2D eigenvalue weighted by molar-refractivity contribution is 5.27. The summed E-state index contributed by atoms with van der Waals surface area (Å²) >= 11 is 0. The Morgan fingerprint density at radius 3 is 2.17 bits per heavy atom. The first-order valence-corrected chi connectivity index (χ1v) is 8.35. The lowest BCUT2D eigenvalue weighted by Gasteiger charge is -2.20. The average Bonchev–Trinajstić information content (AvgIpc) is 2.98. The van der Waals surface area contributed by atoms with E-state index in [1.54, 1.807) is 0 Å². The summed E-state index contributed by atoms with van der Waals surface area (Å²) in [6.07, 6.45) is 2.47. The lowest BCUT2D eigenvalue weighted by molar-refractivity contribution is 0.00301. The zero-order valence-corrected chi connectivity index (χ0v) is 14.3. The molecule has 0 N–H and O–H groups in total. The van der Waals surface area contributed by atoms with E-state index in [4.69, 9.17) is 14.2 Å². The molecule has 2 aromatic rings. The second kappa shape index (κ2) is 7.54. The number of hydrogen-bond acceptors (Lipinski definition) is 3. The molecule has 0 saturated carbocycles. The molecule has 24 heavy (non-hydrogen) atoms.